The average molecular weight is 499 g/mol. The quantitative estimate of drug-likeness (QED) is 0.254. The number of hydrogen-bond donors (Lipinski definition) is 5. The van der Waals surface area contributed by atoms with Crippen LogP contribution < -0.4 is 10.6 Å². The molecule has 0 unspecified atom stereocenters. The Morgan fingerprint density at radius 2 is 1.97 bits per heavy atom. The maximum Gasteiger partial charge on any atom is 0.252 e. The van der Waals surface area contributed by atoms with Crippen LogP contribution in [0.25, 0.3) is 43.6 Å². The van der Waals surface area contributed by atoms with Crippen LogP contribution in [0.2, 0.25) is 0 Å². The predicted octanol–water partition coefficient (Wildman–Crippen LogP) is 3.55. The van der Waals surface area contributed by atoms with E-state index < -0.39 is 24.5 Å². The van der Waals surface area contributed by atoms with Crippen molar-refractivity contribution in [3.63, 3.8) is 0 Å². The first kappa shape index (κ1) is 22.1. The molecule has 3 aromatic carbocycles. The number of aromatic amines is 1. The second-order valence-corrected chi connectivity index (χ2v) is 10.1. The van der Waals surface area contributed by atoms with Crippen LogP contribution in [0.5, 0.6) is 5.75 Å². The van der Waals surface area contributed by atoms with E-state index in [4.69, 9.17) is 4.74 Å². The van der Waals surface area contributed by atoms with Gasteiger partial charge in [0.25, 0.3) is 5.91 Å². The summed E-state index contributed by atoms with van der Waals surface area (Å²) in [4.78, 5) is 28.7. The minimum absolute atomic E-state index is 0.135. The number of carbonyl (C=O) groups excluding carboxylic acids is 2. The third-order valence-electron chi connectivity index (χ3n) is 7.83. The minimum Gasteiger partial charge on any atom is -0.508 e. The number of aliphatic hydroxyl groups is 1. The van der Waals surface area contributed by atoms with Crippen molar-refractivity contribution in [3.8, 4) is 5.75 Å². The van der Waals surface area contributed by atoms with Crippen molar-refractivity contribution in [1.82, 2.24) is 20.2 Å². The molecule has 37 heavy (non-hydrogen) atoms. The topological polar surface area (TPSA) is 129 Å². The van der Waals surface area contributed by atoms with E-state index in [1.165, 1.54) is 6.92 Å². The molecule has 4 heterocycles. The molecule has 2 amide bonds. The Bertz CT molecular complexity index is 1780. The van der Waals surface area contributed by atoms with Gasteiger partial charge < -0.3 is 35.1 Å². The summed E-state index contributed by atoms with van der Waals surface area (Å²) in [7, 11) is 0. The number of amides is 2. The molecule has 5 N–H and O–H groups in total. The molecule has 188 valence electrons. The van der Waals surface area contributed by atoms with Crippen molar-refractivity contribution in [1.29, 1.82) is 0 Å². The zero-order chi connectivity index (χ0) is 25.6. The van der Waals surface area contributed by atoms with Crippen LogP contribution in [0, 0.1) is 0 Å². The lowest BCUT2D eigenvalue weighted by atomic mass is 9.96. The largest absolute Gasteiger partial charge is 0.508 e. The fraction of sp³-hybridized carbons (Fsp3) is 0.286. The van der Waals surface area contributed by atoms with E-state index in [0.717, 1.165) is 49.2 Å². The van der Waals surface area contributed by atoms with E-state index in [2.05, 4.69) is 20.2 Å². The normalized spacial score (nSPS) is 23.7. The Balaban J connectivity index is 1.62. The second-order valence-electron chi connectivity index (χ2n) is 10.1. The van der Waals surface area contributed by atoms with Gasteiger partial charge >= 0.3 is 0 Å². The molecule has 2 aromatic heterocycles. The number of phenols is 1. The standard InChI is InChI=1S/C28H26N4O5/c1-12-27(35)19(30-13(2)33)10-21(37-12)32-20-6-4-3-5-15(20)23-24-17(11-29-28(24)36)22-16-9-14(34)7-8-18(16)31-25(22)26(23)32/h3-9,12,19,21,27,31,34-35H,10-11H2,1-2H3,(H,29,36)(H,30,33)/t12-,19+,21+,27-/m0/s1. The molecule has 4 atom stereocenters. The maximum absolute atomic E-state index is 13.3. The number of hydrogen-bond acceptors (Lipinski definition) is 5. The van der Waals surface area contributed by atoms with Gasteiger partial charge in [-0.15, -0.1) is 0 Å². The number of aromatic nitrogens is 2. The summed E-state index contributed by atoms with van der Waals surface area (Å²) >= 11 is 0. The van der Waals surface area contributed by atoms with E-state index in [1.54, 1.807) is 19.1 Å². The average Bonchev–Trinajstić information content (AvgIpc) is 3.52. The van der Waals surface area contributed by atoms with Gasteiger partial charge in [0.1, 0.15) is 18.1 Å². The molecule has 0 bridgehead atoms. The molecule has 0 radical (unpaired) electrons. The monoisotopic (exact) mass is 498 g/mol. The lowest BCUT2D eigenvalue weighted by Crippen LogP contribution is -2.53. The lowest BCUT2D eigenvalue weighted by molar-refractivity contribution is -0.152. The number of benzene rings is 3. The number of H-pyrrole nitrogens is 1. The zero-order valence-electron chi connectivity index (χ0n) is 20.3. The zero-order valence-corrected chi connectivity index (χ0v) is 20.3. The van der Waals surface area contributed by atoms with Gasteiger partial charge in [-0.1, -0.05) is 18.2 Å². The first-order valence-electron chi connectivity index (χ1n) is 12.4. The van der Waals surface area contributed by atoms with Gasteiger partial charge in [0.05, 0.1) is 34.3 Å². The van der Waals surface area contributed by atoms with Crippen LogP contribution in [-0.4, -0.2) is 49.8 Å². The fourth-order valence-electron chi connectivity index (χ4n) is 6.33. The van der Waals surface area contributed by atoms with Gasteiger partial charge in [-0.25, -0.2) is 0 Å². The summed E-state index contributed by atoms with van der Waals surface area (Å²) in [6, 6.07) is 12.6. The molecule has 7 rings (SSSR count). The summed E-state index contributed by atoms with van der Waals surface area (Å²) in [5.74, 6) is -0.202. The van der Waals surface area contributed by atoms with Crippen LogP contribution in [0.1, 0.15) is 42.4 Å². The molecule has 2 aliphatic heterocycles. The van der Waals surface area contributed by atoms with Crippen molar-refractivity contribution in [2.24, 2.45) is 0 Å². The van der Waals surface area contributed by atoms with Crippen LogP contribution in [0.4, 0.5) is 0 Å². The Morgan fingerprint density at radius 1 is 1.16 bits per heavy atom. The number of nitrogens with one attached hydrogen (secondary N) is 3. The number of aromatic hydroxyl groups is 1. The highest BCUT2D eigenvalue weighted by Gasteiger charge is 2.39. The van der Waals surface area contributed by atoms with Crippen molar-refractivity contribution in [2.45, 2.75) is 51.3 Å². The van der Waals surface area contributed by atoms with Crippen LogP contribution in [-0.2, 0) is 16.1 Å². The Labute approximate surface area is 211 Å². The minimum atomic E-state index is -0.848. The van der Waals surface area contributed by atoms with Crippen LogP contribution >= 0.6 is 0 Å². The molecule has 0 aliphatic carbocycles. The molecule has 5 aromatic rings. The van der Waals surface area contributed by atoms with Gasteiger partial charge in [-0.3, -0.25) is 9.59 Å². The summed E-state index contributed by atoms with van der Waals surface area (Å²) in [6.45, 7) is 3.64. The number of para-hydroxylation sites is 1. The molecule has 0 saturated carbocycles. The van der Waals surface area contributed by atoms with E-state index in [-0.39, 0.29) is 17.6 Å². The third-order valence-corrected chi connectivity index (χ3v) is 7.83. The van der Waals surface area contributed by atoms with Crippen molar-refractivity contribution < 1.29 is 24.5 Å². The third kappa shape index (κ3) is 3.04. The highest BCUT2D eigenvalue weighted by molar-refractivity contribution is 6.30. The van der Waals surface area contributed by atoms with Crippen molar-refractivity contribution in [3.05, 3.63) is 53.6 Å². The molecule has 9 nitrogen and oxygen atoms in total. The Morgan fingerprint density at radius 3 is 2.78 bits per heavy atom. The first-order valence-corrected chi connectivity index (χ1v) is 12.4. The summed E-state index contributed by atoms with van der Waals surface area (Å²) in [6.07, 6.45) is -1.54. The number of nitrogens with zero attached hydrogens (tertiary/aromatic N) is 1. The number of fused-ring (bicyclic) bond motifs is 10. The van der Waals surface area contributed by atoms with Crippen molar-refractivity contribution >= 4 is 55.4 Å². The molecule has 2 aliphatic rings. The van der Waals surface area contributed by atoms with E-state index >= 15 is 0 Å². The molecule has 1 saturated heterocycles. The molecule has 0 spiro atoms. The van der Waals surface area contributed by atoms with Gasteiger partial charge in [0.15, 0.2) is 0 Å². The summed E-state index contributed by atoms with van der Waals surface area (Å²) in [5, 5.41) is 30.4. The highest BCUT2D eigenvalue weighted by Crippen LogP contribution is 2.46. The second kappa shape index (κ2) is 7.71. The first-order chi connectivity index (χ1) is 17.8. The molecule has 1 fully saturated rings. The van der Waals surface area contributed by atoms with E-state index in [9.17, 15) is 19.8 Å². The number of rotatable bonds is 2. The Kier molecular flexibility index (Phi) is 4.61. The fourth-order valence-corrected chi connectivity index (χ4v) is 6.33. The number of carbonyl (C=O) groups is 2. The SMILES string of the molecule is CC(=O)N[C@@H]1C[C@H](n2c3ccccc3c3c4c(c5c6cc(O)ccc6[nH]c5c32)CNC4=O)O[C@@H](C)[C@@H]1O. The van der Waals surface area contributed by atoms with Gasteiger partial charge in [0.2, 0.25) is 5.91 Å². The van der Waals surface area contributed by atoms with Crippen LogP contribution in [0.15, 0.2) is 42.5 Å². The highest BCUT2D eigenvalue weighted by atomic mass is 16.5. The van der Waals surface area contributed by atoms with Gasteiger partial charge in [-0.2, -0.15) is 0 Å². The van der Waals surface area contributed by atoms with Crippen LogP contribution in [0.3, 0.4) is 0 Å². The van der Waals surface area contributed by atoms with E-state index in [0.29, 0.717) is 18.5 Å². The lowest BCUT2D eigenvalue weighted by Gasteiger charge is -2.39. The van der Waals surface area contributed by atoms with Gasteiger partial charge in [0, 0.05) is 47.0 Å². The van der Waals surface area contributed by atoms with Crippen molar-refractivity contribution in [2.75, 3.05) is 0 Å². The maximum atomic E-state index is 13.3. The number of ether oxygens (including phenoxy) is 1. The summed E-state index contributed by atoms with van der Waals surface area (Å²) in [5.41, 5.74) is 4.94. The molecular formula is C28H26N4O5. The molecule has 9 heteroatoms. The number of phenolic OH excluding ortho intramolecular Hbond substituents is 1. The Hall–Kier alpha value is -4.08. The van der Waals surface area contributed by atoms with Gasteiger partial charge in [-0.05, 0) is 36.8 Å². The predicted molar refractivity (Wildman–Crippen MR) is 139 cm³/mol. The smallest absolute Gasteiger partial charge is 0.252 e. The number of aliphatic hydroxyl groups excluding tert-OH is 1. The molecular weight excluding hydrogens is 472 g/mol. The van der Waals surface area contributed by atoms with E-state index in [1.807, 2.05) is 30.3 Å². The summed E-state index contributed by atoms with van der Waals surface area (Å²) < 4.78 is 8.46.